The number of rotatable bonds is 9. The lowest BCUT2D eigenvalue weighted by molar-refractivity contribution is -0.319. The fourth-order valence-corrected chi connectivity index (χ4v) is 7.27. The molecule has 4 rings (SSSR count). The molecule has 0 bridgehead atoms. The Morgan fingerprint density at radius 1 is 0.907 bits per heavy atom. The summed E-state index contributed by atoms with van der Waals surface area (Å²) in [6.45, 7) is 8.94. The number of Topliss-reactive ketones (excluding diaryl/α,β-unsaturated/α-hetero) is 2. The highest BCUT2D eigenvalue weighted by molar-refractivity contribution is 6.07. The standard InChI is InChI=1S/C32H38O11/c1-7-24(36)41-32(42-25(37)8-2,43-26(38)9-3)28(39)31(40-18(4)33)15-13-22-21-11-10-19-16-20(34)12-14-29(19,5)27(21)23(35)17-30(22,31)6/h12,14,16,22H,7-11,13,15,17H2,1-6H3/t22-,29-,30-,31-/m0/s1. The molecule has 0 aliphatic heterocycles. The van der Waals surface area contributed by atoms with Crippen molar-refractivity contribution in [1.82, 2.24) is 0 Å². The van der Waals surface area contributed by atoms with E-state index in [9.17, 15) is 33.6 Å². The van der Waals surface area contributed by atoms with Gasteiger partial charge in [-0.25, -0.2) is 0 Å². The second-order valence-electron chi connectivity index (χ2n) is 11.9. The molecule has 1 saturated carbocycles. The summed E-state index contributed by atoms with van der Waals surface area (Å²) in [5.74, 6) is -9.23. The van der Waals surface area contributed by atoms with Gasteiger partial charge in [0.15, 0.2) is 17.2 Å². The van der Waals surface area contributed by atoms with Gasteiger partial charge in [0, 0.05) is 49.0 Å². The van der Waals surface area contributed by atoms with Crippen molar-refractivity contribution in [3.05, 3.63) is 34.9 Å². The summed E-state index contributed by atoms with van der Waals surface area (Å²) in [5.41, 5.74) is -2.18. The predicted octanol–water partition coefficient (Wildman–Crippen LogP) is 3.92. The monoisotopic (exact) mass is 598 g/mol. The third-order valence-electron chi connectivity index (χ3n) is 9.35. The molecule has 0 aromatic rings. The number of ketones is 3. The van der Waals surface area contributed by atoms with Crippen molar-refractivity contribution in [1.29, 1.82) is 0 Å². The van der Waals surface area contributed by atoms with Gasteiger partial charge >= 0.3 is 35.6 Å². The normalized spacial score (nSPS) is 29.5. The van der Waals surface area contributed by atoms with Crippen molar-refractivity contribution in [3.63, 3.8) is 0 Å². The number of carbonyl (C=O) groups is 7. The number of ether oxygens (including phenoxy) is 4. The molecule has 0 aromatic heterocycles. The molecule has 0 unspecified atom stereocenters. The third kappa shape index (κ3) is 5.06. The maximum Gasteiger partial charge on any atom is 0.493 e. The van der Waals surface area contributed by atoms with Crippen LogP contribution in [0.3, 0.4) is 0 Å². The van der Waals surface area contributed by atoms with E-state index in [1.165, 1.54) is 26.8 Å². The first kappa shape index (κ1) is 32.0. The largest absolute Gasteiger partial charge is 0.493 e. The summed E-state index contributed by atoms with van der Waals surface area (Å²) in [5, 5.41) is 0. The van der Waals surface area contributed by atoms with Crippen molar-refractivity contribution in [2.45, 2.75) is 104 Å². The van der Waals surface area contributed by atoms with E-state index < -0.39 is 58.0 Å². The van der Waals surface area contributed by atoms with E-state index in [4.69, 9.17) is 18.9 Å². The first-order valence-corrected chi connectivity index (χ1v) is 14.7. The Hall–Kier alpha value is -3.89. The van der Waals surface area contributed by atoms with Crippen molar-refractivity contribution in [3.8, 4) is 0 Å². The van der Waals surface area contributed by atoms with Crippen LogP contribution < -0.4 is 0 Å². The summed E-state index contributed by atoms with van der Waals surface area (Å²) in [6, 6.07) is 0. The minimum atomic E-state index is -3.18. The second kappa shape index (κ2) is 11.3. The van der Waals surface area contributed by atoms with E-state index in [1.54, 1.807) is 19.1 Å². The van der Waals surface area contributed by atoms with Gasteiger partial charge in [0.2, 0.25) is 0 Å². The molecule has 0 radical (unpaired) electrons. The first-order chi connectivity index (χ1) is 20.1. The Balaban J connectivity index is 1.92. The van der Waals surface area contributed by atoms with Crippen molar-refractivity contribution >= 4 is 41.2 Å². The second-order valence-corrected chi connectivity index (χ2v) is 11.9. The van der Waals surface area contributed by atoms with Crippen molar-refractivity contribution < 1.29 is 52.5 Å². The molecule has 0 spiro atoms. The molecule has 4 atom stereocenters. The molecule has 0 saturated heterocycles. The number of hydrogen-bond acceptors (Lipinski definition) is 11. The zero-order valence-electron chi connectivity index (χ0n) is 25.5. The van der Waals surface area contributed by atoms with Crippen LogP contribution in [0.5, 0.6) is 0 Å². The Bertz CT molecular complexity index is 1350. The lowest BCUT2D eigenvalue weighted by atomic mass is 9.53. The van der Waals surface area contributed by atoms with Crippen LogP contribution in [0, 0.1) is 16.7 Å². The Morgan fingerprint density at radius 3 is 1.98 bits per heavy atom. The van der Waals surface area contributed by atoms with Crippen LogP contribution in [-0.4, -0.2) is 52.8 Å². The van der Waals surface area contributed by atoms with Crippen LogP contribution >= 0.6 is 0 Å². The Kier molecular flexibility index (Phi) is 8.43. The van der Waals surface area contributed by atoms with Gasteiger partial charge in [-0.1, -0.05) is 44.9 Å². The van der Waals surface area contributed by atoms with Gasteiger partial charge in [0.25, 0.3) is 0 Å². The van der Waals surface area contributed by atoms with E-state index in [0.717, 1.165) is 18.1 Å². The van der Waals surface area contributed by atoms with Crippen LogP contribution in [-0.2, 0) is 52.5 Å². The van der Waals surface area contributed by atoms with Gasteiger partial charge in [-0.3, -0.25) is 33.6 Å². The average Bonchev–Trinajstić information content (AvgIpc) is 3.23. The number of hydrogen-bond donors (Lipinski definition) is 0. The van der Waals surface area contributed by atoms with E-state index in [1.807, 2.05) is 6.92 Å². The fraction of sp³-hybridized carbons (Fsp3) is 0.594. The SMILES string of the molecule is CCC(=O)OC(OC(=O)CC)(OC(=O)CC)C(=O)[C@@]1(OC(C)=O)CC[C@H]2C3=C(C(=O)C[C@@]21C)[C@@]1(C)C=CC(=O)C=C1CC3. The molecule has 0 heterocycles. The first-order valence-electron chi connectivity index (χ1n) is 14.7. The molecule has 4 aliphatic carbocycles. The molecular formula is C32H38O11. The Labute approximate surface area is 250 Å². The zero-order valence-corrected chi connectivity index (χ0v) is 25.5. The molecule has 1 fully saturated rings. The molecule has 4 aliphatic rings. The van der Waals surface area contributed by atoms with Crippen LogP contribution in [0.15, 0.2) is 34.9 Å². The van der Waals surface area contributed by atoms with Gasteiger partial charge in [-0.15, -0.1) is 0 Å². The van der Waals surface area contributed by atoms with E-state index in [0.29, 0.717) is 24.8 Å². The minimum Gasteiger partial charge on any atom is -0.450 e. The third-order valence-corrected chi connectivity index (χ3v) is 9.35. The number of fused-ring (bicyclic) bond motifs is 4. The van der Waals surface area contributed by atoms with E-state index in [2.05, 4.69) is 0 Å². The van der Waals surface area contributed by atoms with Crippen molar-refractivity contribution in [2.24, 2.45) is 16.7 Å². The highest BCUT2D eigenvalue weighted by Gasteiger charge is 2.74. The maximum absolute atomic E-state index is 14.8. The number of carbonyl (C=O) groups excluding carboxylic acids is 7. The van der Waals surface area contributed by atoms with Crippen molar-refractivity contribution in [2.75, 3.05) is 0 Å². The Morgan fingerprint density at radius 2 is 1.47 bits per heavy atom. The molecule has 11 heteroatoms. The van der Waals surface area contributed by atoms with Crippen LogP contribution in [0.2, 0.25) is 0 Å². The summed E-state index contributed by atoms with van der Waals surface area (Å²) in [6.07, 6.45) is 4.84. The molecule has 0 aromatic carbocycles. The smallest absolute Gasteiger partial charge is 0.450 e. The van der Waals surface area contributed by atoms with Gasteiger partial charge in [-0.05, 0) is 50.7 Å². The maximum atomic E-state index is 14.8. The highest BCUT2D eigenvalue weighted by atomic mass is 16.9. The summed E-state index contributed by atoms with van der Waals surface area (Å²) < 4.78 is 21.9. The molecule has 0 N–H and O–H groups in total. The fourth-order valence-electron chi connectivity index (χ4n) is 7.27. The lowest BCUT2D eigenvalue weighted by Crippen LogP contribution is -2.66. The molecule has 0 amide bonds. The summed E-state index contributed by atoms with van der Waals surface area (Å²) >= 11 is 0. The topological polar surface area (TPSA) is 156 Å². The van der Waals surface area contributed by atoms with Gasteiger partial charge in [0.1, 0.15) is 0 Å². The summed E-state index contributed by atoms with van der Waals surface area (Å²) in [4.78, 5) is 91.7. The van der Waals surface area contributed by atoms with Crippen LogP contribution in [0.25, 0.3) is 0 Å². The molecule has 232 valence electrons. The lowest BCUT2D eigenvalue weighted by Gasteiger charge is -2.52. The van der Waals surface area contributed by atoms with E-state index >= 15 is 0 Å². The number of esters is 4. The van der Waals surface area contributed by atoms with E-state index in [-0.39, 0.29) is 43.7 Å². The minimum absolute atomic E-state index is 0.122. The zero-order chi connectivity index (χ0) is 32.0. The van der Waals surface area contributed by atoms with Gasteiger partial charge in [0.05, 0.1) is 0 Å². The number of allylic oxidation sites excluding steroid dienone is 6. The molecule has 43 heavy (non-hydrogen) atoms. The molecule has 11 nitrogen and oxygen atoms in total. The van der Waals surface area contributed by atoms with Gasteiger partial charge in [-0.2, -0.15) is 0 Å². The molecular weight excluding hydrogens is 560 g/mol. The summed E-state index contributed by atoms with van der Waals surface area (Å²) in [7, 11) is 0. The van der Waals surface area contributed by atoms with Crippen LogP contribution in [0.1, 0.15) is 92.9 Å². The quantitative estimate of drug-likeness (QED) is 0.280. The predicted molar refractivity (Wildman–Crippen MR) is 148 cm³/mol. The van der Waals surface area contributed by atoms with Gasteiger partial charge < -0.3 is 18.9 Å². The van der Waals surface area contributed by atoms with Crippen LogP contribution in [0.4, 0.5) is 0 Å². The average molecular weight is 599 g/mol. The highest BCUT2D eigenvalue weighted by Crippen LogP contribution is 2.65.